The zero-order valence-corrected chi connectivity index (χ0v) is 15.5. The second-order valence-electron chi connectivity index (χ2n) is 7.95. The molecule has 1 saturated carbocycles. The number of hydrogen-bond acceptors (Lipinski definition) is 4. The zero-order valence-electron chi connectivity index (χ0n) is 15.5. The number of rotatable bonds is 2. The molecule has 0 unspecified atom stereocenters. The summed E-state index contributed by atoms with van der Waals surface area (Å²) in [5, 5.41) is 3.01. The van der Waals surface area contributed by atoms with Crippen molar-refractivity contribution in [3.63, 3.8) is 0 Å². The largest absolute Gasteiger partial charge is 0.490 e. The van der Waals surface area contributed by atoms with Crippen LogP contribution in [0.25, 0.3) is 0 Å². The van der Waals surface area contributed by atoms with Gasteiger partial charge < -0.3 is 15.0 Å². The molecular weight excluding hydrogens is 330 g/mol. The maximum atomic E-state index is 12.5. The smallest absolute Gasteiger partial charge is 0.238 e. The topological polar surface area (TPSA) is 61.9 Å². The minimum atomic E-state index is -0.0235. The van der Waals surface area contributed by atoms with E-state index in [0.29, 0.717) is 44.5 Å². The maximum absolute atomic E-state index is 12.5. The second kappa shape index (κ2) is 6.91. The highest BCUT2D eigenvalue weighted by molar-refractivity contribution is 5.94. The van der Waals surface area contributed by atoms with E-state index in [-0.39, 0.29) is 23.8 Å². The van der Waals surface area contributed by atoms with E-state index in [1.165, 1.54) is 5.56 Å². The molecule has 6 nitrogen and oxygen atoms in total. The SMILES string of the molecule is CC(C)c1ccc2c(c1)NC(=O)CN1CCN(C(=O)C3CC3)C[C@H]1CO2. The van der Waals surface area contributed by atoms with Gasteiger partial charge >= 0.3 is 0 Å². The van der Waals surface area contributed by atoms with Crippen LogP contribution in [0.1, 0.15) is 38.2 Å². The van der Waals surface area contributed by atoms with Crippen LogP contribution in [0.3, 0.4) is 0 Å². The summed E-state index contributed by atoms with van der Waals surface area (Å²) in [6.45, 7) is 7.14. The van der Waals surface area contributed by atoms with Gasteiger partial charge in [0.2, 0.25) is 11.8 Å². The number of carbonyl (C=O) groups excluding carboxylic acids is 2. The van der Waals surface area contributed by atoms with Gasteiger partial charge in [-0.15, -0.1) is 0 Å². The molecule has 1 saturated heterocycles. The van der Waals surface area contributed by atoms with Gasteiger partial charge in [-0.1, -0.05) is 19.9 Å². The number of amides is 2. The number of carbonyl (C=O) groups is 2. The number of nitrogens with zero attached hydrogens (tertiary/aromatic N) is 2. The van der Waals surface area contributed by atoms with E-state index >= 15 is 0 Å². The Balaban J connectivity index is 1.53. The Bertz CT molecular complexity index is 714. The molecule has 3 aliphatic rings. The Hall–Kier alpha value is -2.08. The number of anilines is 1. The molecule has 1 atom stereocenters. The van der Waals surface area contributed by atoms with Gasteiger partial charge in [0, 0.05) is 25.6 Å². The molecule has 2 heterocycles. The lowest BCUT2D eigenvalue weighted by atomic mass is 10.0. The van der Waals surface area contributed by atoms with Crippen molar-refractivity contribution in [2.24, 2.45) is 5.92 Å². The van der Waals surface area contributed by atoms with E-state index in [1.807, 2.05) is 17.0 Å². The summed E-state index contributed by atoms with van der Waals surface area (Å²) in [4.78, 5) is 29.0. The van der Waals surface area contributed by atoms with Gasteiger partial charge in [-0.05, 0) is 36.5 Å². The first-order chi connectivity index (χ1) is 12.5. The van der Waals surface area contributed by atoms with Gasteiger partial charge in [0.05, 0.1) is 18.3 Å². The second-order valence-corrected chi connectivity index (χ2v) is 7.95. The molecule has 2 amide bonds. The predicted molar refractivity (Wildman–Crippen MR) is 99.3 cm³/mol. The number of piperazine rings is 1. The molecule has 0 aromatic heterocycles. The van der Waals surface area contributed by atoms with E-state index in [2.05, 4.69) is 30.1 Å². The summed E-state index contributed by atoms with van der Waals surface area (Å²) in [5.41, 5.74) is 1.91. The Kier molecular flexibility index (Phi) is 4.61. The number of nitrogens with one attached hydrogen (secondary N) is 1. The standard InChI is InChI=1S/C20H27N3O3/c1-13(2)15-5-6-18-17(9-15)21-19(24)11-22-7-8-23(10-16(22)12-26-18)20(25)14-3-4-14/h5-6,9,13-14,16H,3-4,7-8,10-12H2,1-2H3,(H,21,24)/t16-/m0/s1. The lowest BCUT2D eigenvalue weighted by Crippen LogP contribution is -2.58. The fraction of sp³-hybridized carbons (Fsp3) is 0.600. The normalized spacial score (nSPS) is 23.9. The highest BCUT2D eigenvalue weighted by atomic mass is 16.5. The van der Waals surface area contributed by atoms with Crippen molar-refractivity contribution in [2.45, 2.75) is 38.6 Å². The Morgan fingerprint density at radius 3 is 2.81 bits per heavy atom. The highest BCUT2D eigenvalue weighted by Crippen LogP contribution is 2.33. The van der Waals surface area contributed by atoms with E-state index in [9.17, 15) is 9.59 Å². The van der Waals surface area contributed by atoms with E-state index < -0.39 is 0 Å². The van der Waals surface area contributed by atoms with Gasteiger partial charge in [-0.2, -0.15) is 0 Å². The number of fused-ring (bicyclic) bond motifs is 2. The summed E-state index contributed by atoms with van der Waals surface area (Å²) >= 11 is 0. The van der Waals surface area contributed by atoms with Crippen molar-refractivity contribution >= 4 is 17.5 Å². The van der Waals surface area contributed by atoms with Crippen molar-refractivity contribution < 1.29 is 14.3 Å². The summed E-state index contributed by atoms with van der Waals surface area (Å²) in [7, 11) is 0. The third kappa shape index (κ3) is 3.56. The first-order valence-corrected chi connectivity index (χ1v) is 9.60. The first kappa shape index (κ1) is 17.3. The minimum absolute atomic E-state index is 0.0235. The molecule has 1 aromatic carbocycles. The summed E-state index contributed by atoms with van der Waals surface area (Å²) in [6.07, 6.45) is 2.04. The fourth-order valence-corrected chi connectivity index (χ4v) is 3.74. The highest BCUT2D eigenvalue weighted by Gasteiger charge is 2.38. The van der Waals surface area contributed by atoms with Crippen LogP contribution in [0.15, 0.2) is 18.2 Å². The van der Waals surface area contributed by atoms with E-state index in [4.69, 9.17) is 4.74 Å². The number of benzene rings is 1. The summed E-state index contributed by atoms with van der Waals surface area (Å²) in [5.74, 6) is 1.58. The monoisotopic (exact) mass is 357 g/mol. The Morgan fingerprint density at radius 2 is 2.08 bits per heavy atom. The van der Waals surface area contributed by atoms with Crippen molar-refractivity contribution in [3.05, 3.63) is 23.8 Å². The first-order valence-electron chi connectivity index (χ1n) is 9.60. The lowest BCUT2D eigenvalue weighted by molar-refractivity contribution is -0.136. The van der Waals surface area contributed by atoms with Crippen LogP contribution in [0.2, 0.25) is 0 Å². The molecule has 0 radical (unpaired) electrons. The molecule has 1 N–H and O–H groups in total. The quantitative estimate of drug-likeness (QED) is 0.880. The summed E-state index contributed by atoms with van der Waals surface area (Å²) in [6, 6.07) is 6.05. The van der Waals surface area contributed by atoms with Crippen LogP contribution in [0.4, 0.5) is 5.69 Å². The van der Waals surface area contributed by atoms with Gasteiger partial charge in [-0.25, -0.2) is 0 Å². The molecule has 1 aromatic rings. The molecule has 0 bridgehead atoms. The molecule has 4 rings (SSSR count). The molecule has 6 heteroatoms. The van der Waals surface area contributed by atoms with E-state index in [1.54, 1.807) is 0 Å². The molecule has 0 spiro atoms. The third-order valence-corrected chi connectivity index (χ3v) is 5.57. The van der Waals surface area contributed by atoms with Gasteiger partial charge in [0.25, 0.3) is 0 Å². The lowest BCUT2D eigenvalue weighted by Gasteiger charge is -2.40. The average Bonchev–Trinajstić information content (AvgIpc) is 3.45. The van der Waals surface area contributed by atoms with Crippen molar-refractivity contribution in [2.75, 3.05) is 38.1 Å². The molecule has 2 aliphatic heterocycles. The third-order valence-electron chi connectivity index (χ3n) is 5.57. The van der Waals surface area contributed by atoms with Crippen LogP contribution < -0.4 is 10.1 Å². The summed E-state index contributed by atoms with van der Waals surface area (Å²) < 4.78 is 6.07. The van der Waals surface area contributed by atoms with Crippen LogP contribution >= 0.6 is 0 Å². The zero-order chi connectivity index (χ0) is 18.3. The molecule has 26 heavy (non-hydrogen) atoms. The van der Waals surface area contributed by atoms with E-state index in [0.717, 1.165) is 18.5 Å². The van der Waals surface area contributed by atoms with Crippen LogP contribution in [-0.4, -0.2) is 60.4 Å². The molecular formula is C20H27N3O3. The average molecular weight is 357 g/mol. The number of hydrogen-bond donors (Lipinski definition) is 1. The van der Waals surface area contributed by atoms with Crippen LogP contribution in [0, 0.1) is 5.92 Å². The van der Waals surface area contributed by atoms with Crippen LogP contribution in [-0.2, 0) is 9.59 Å². The van der Waals surface area contributed by atoms with Gasteiger partial charge in [-0.3, -0.25) is 14.5 Å². The van der Waals surface area contributed by atoms with Crippen molar-refractivity contribution in [3.8, 4) is 5.75 Å². The minimum Gasteiger partial charge on any atom is -0.490 e. The predicted octanol–water partition coefficient (Wildman–Crippen LogP) is 2.06. The van der Waals surface area contributed by atoms with Crippen molar-refractivity contribution in [1.82, 2.24) is 9.80 Å². The van der Waals surface area contributed by atoms with Crippen LogP contribution in [0.5, 0.6) is 5.75 Å². The maximum Gasteiger partial charge on any atom is 0.238 e. The van der Waals surface area contributed by atoms with Gasteiger partial charge in [0.1, 0.15) is 12.4 Å². The molecule has 2 fully saturated rings. The molecule has 1 aliphatic carbocycles. The Labute approximate surface area is 154 Å². The number of ether oxygens (including phenoxy) is 1. The Morgan fingerprint density at radius 1 is 1.27 bits per heavy atom. The van der Waals surface area contributed by atoms with Gasteiger partial charge in [0.15, 0.2) is 0 Å². The molecule has 140 valence electrons. The fourth-order valence-electron chi connectivity index (χ4n) is 3.74. The van der Waals surface area contributed by atoms with Crippen molar-refractivity contribution in [1.29, 1.82) is 0 Å².